The van der Waals surface area contributed by atoms with Crippen molar-refractivity contribution in [1.29, 1.82) is 0 Å². The topological polar surface area (TPSA) is 67.2 Å². The molecule has 1 aliphatic rings. The molecule has 30 heavy (non-hydrogen) atoms. The second-order valence-electron chi connectivity index (χ2n) is 7.79. The van der Waals surface area contributed by atoms with Crippen LogP contribution in [0.5, 0.6) is 0 Å². The SMILES string of the molecule is CN1Cc2ccc(-c3cn(C)c4nccc(NS(=O)(=O)c5ccccc5)c34)cc2C1. The molecule has 0 bridgehead atoms. The van der Waals surface area contributed by atoms with Crippen LogP contribution in [0.2, 0.25) is 0 Å². The molecule has 5 rings (SSSR count). The molecule has 6 nitrogen and oxygen atoms in total. The van der Waals surface area contributed by atoms with E-state index in [0.717, 1.165) is 35.2 Å². The Balaban J connectivity index is 1.64. The van der Waals surface area contributed by atoms with Crippen molar-refractivity contribution in [3.8, 4) is 11.1 Å². The third-order valence-corrected chi connectivity index (χ3v) is 6.93. The molecule has 0 fully saturated rings. The predicted octanol–water partition coefficient (Wildman–Crippen LogP) is 3.99. The molecule has 3 heterocycles. The zero-order chi connectivity index (χ0) is 20.9. The van der Waals surface area contributed by atoms with Gasteiger partial charge < -0.3 is 4.57 Å². The summed E-state index contributed by atoms with van der Waals surface area (Å²) < 4.78 is 30.6. The van der Waals surface area contributed by atoms with E-state index in [0.29, 0.717) is 5.69 Å². The Labute approximate surface area is 175 Å². The lowest BCUT2D eigenvalue weighted by Gasteiger charge is -2.11. The van der Waals surface area contributed by atoms with Crippen LogP contribution in [0.15, 0.2) is 71.9 Å². The van der Waals surface area contributed by atoms with E-state index in [4.69, 9.17) is 0 Å². The van der Waals surface area contributed by atoms with E-state index in [9.17, 15) is 8.42 Å². The minimum absolute atomic E-state index is 0.230. The average molecular weight is 419 g/mol. The maximum atomic E-state index is 12.9. The lowest BCUT2D eigenvalue weighted by molar-refractivity contribution is 0.353. The fourth-order valence-electron chi connectivity index (χ4n) is 4.14. The average Bonchev–Trinajstić information content (AvgIpc) is 3.27. The standard InChI is InChI=1S/C23H22N4O2S/c1-26-13-17-9-8-16(12-18(17)14-26)20-15-27(2)23-22(20)21(10-11-24-23)25-30(28,29)19-6-4-3-5-7-19/h3-12,15H,13-14H2,1-2H3,(H,24,25). The highest BCUT2D eigenvalue weighted by Gasteiger charge is 2.21. The summed E-state index contributed by atoms with van der Waals surface area (Å²) in [6.07, 6.45) is 3.64. The van der Waals surface area contributed by atoms with E-state index in [1.54, 1.807) is 42.6 Å². The van der Waals surface area contributed by atoms with E-state index in [1.807, 2.05) is 17.8 Å². The van der Waals surface area contributed by atoms with Gasteiger partial charge in [0.25, 0.3) is 10.0 Å². The van der Waals surface area contributed by atoms with E-state index in [2.05, 4.69) is 39.9 Å². The summed E-state index contributed by atoms with van der Waals surface area (Å²) in [5.41, 5.74) is 5.92. The molecule has 0 spiro atoms. The van der Waals surface area contributed by atoms with Gasteiger partial charge in [0, 0.05) is 38.1 Å². The van der Waals surface area contributed by atoms with Crippen LogP contribution in [-0.2, 0) is 30.2 Å². The molecule has 0 aliphatic carbocycles. The number of aromatic nitrogens is 2. The summed E-state index contributed by atoms with van der Waals surface area (Å²) in [6.45, 7) is 1.87. The number of pyridine rings is 1. The number of anilines is 1. The Bertz CT molecular complexity index is 1360. The van der Waals surface area contributed by atoms with E-state index in [-0.39, 0.29) is 4.90 Å². The predicted molar refractivity (Wildman–Crippen MR) is 119 cm³/mol. The number of hydrogen-bond donors (Lipinski definition) is 1. The number of sulfonamides is 1. The first-order valence-corrected chi connectivity index (χ1v) is 11.2. The largest absolute Gasteiger partial charge is 0.335 e. The van der Waals surface area contributed by atoms with Crippen LogP contribution >= 0.6 is 0 Å². The van der Waals surface area contributed by atoms with Gasteiger partial charge >= 0.3 is 0 Å². The fraction of sp³-hybridized carbons (Fsp3) is 0.174. The summed E-state index contributed by atoms with van der Waals surface area (Å²) in [7, 11) is 0.330. The Morgan fingerprint density at radius 3 is 2.53 bits per heavy atom. The zero-order valence-corrected chi connectivity index (χ0v) is 17.6. The van der Waals surface area contributed by atoms with Gasteiger partial charge in [0.1, 0.15) is 5.65 Å². The summed E-state index contributed by atoms with van der Waals surface area (Å²) >= 11 is 0. The Hall–Kier alpha value is -3.16. The quantitative estimate of drug-likeness (QED) is 0.544. The summed E-state index contributed by atoms with van der Waals surface area (Å²) in [5, 5.41) is 0.797. The van der Waals surface area contributed by atoms with Gasteiger partial charge in [0.2, 0.25) is 0 Å². The normalized spacial score (nSPS) is 14.2. The minimum Gasteiger partial charge on any atom is -0.335 e. The highest BCUT2D eigenvalue weighted by molar-refractivity contribution is 7.92. The highest BCUT2D eigenvalue weighted by atomic mass is 32.2. The monoisotopic (exact) mass is 418 g/mol. The number of hydrogen-bond acceptors (Lipinski definition) is 4. The number of benzene rings is 2. The molecular formula is C23H22N4O2S. The van der Waals surface area contributed by atoms with Crippen molar-refractivity contribution in [1.82, 2.24) is 14.5 Å². The van der Waals surface area contributed by atoms with Gasteiger partial charge in [-0.3, -0.25) is 9.62 Å². The molecule has 152 valence electrons. The second kappa shape index (κ2) is 6.97. The molecule has 2 aromatic heterocycles. The smallest absolute Gasteiger partial charge is 0.261 e. The van der Waals surface area contributed by atoms with Crippen LogP contribution in [0.3, 0.4) is 0 Å². The molecule has 2 aromatic carbocycles. The molecule has 0 radical (unpaired) electrons. The first-order valence-electron chi connectivity index (χ1n) is 9.75. The minimum atomic E-state index is -3.71. The lowest BCUT2D eigenvalue weighted by Crippen LogP contribution is -2.13. The number of aryl methyl sites for hydroxylation is 1. The van der Waals surface area contributed by atoms with Gasteiger partial charge in [-0.15, -0.1) is 0 Å². The first kappa shape index (κ1) is 18.8. The Morgan fingerprint density at radius 2 is 1.73 bits per heavy atom. The number of nitrogens with one attached hydrogen (secondary N) is 1. The van der Waals surface area contributed by atoms with Crippen molar-refractivity contribution in [3.63, 3.8) is 0 Å². The van der Waals surface area contributed by atoms with Crippen LogP contribution in [-0.4, -0.2) is 29.9 Å². The molecule has 0 saturated heterocycles. The Kier molecular flexibility index (Phi) is 4.38. The zero-order valence-electron chi connectivity index (χ0n) is 16.8. The number of rotatable bonds is 4. The molecule has 7 heteroatoms. The summed E-state index contributed by atoms with van der Waals surface area (Å²) in [6, 6.07) is 16.6. The van der Waals surface area contributed by atoms with Crippen molar-refractivity contribution in [2.75, 3.05) is 11.8 Å². The molecule has 0 unspecified atom stereocenters. The van der Waals surface area contributed by atoms with Crippen LogP contribution in [0, 0.1) is 0 Å². The summed E-state index contributed by atoms with van der Waals surface area (Å²) in [5.74, 6) is 0. The molecule has 1 aliphatic heterocycles. The van der Waals surface area contributed by atoms with E-state index in [1.165, 1.54) is 11.1 Å². The van der Waals surface area contributed by atoms with Crippen LogP contribution in [0.1, 0.15) is 11.1 Å². The van der Waals surface area contributed by atoms with E-state index >= 15 is 0 Å². The van der Waals surface area contributed by atoms with Gasteiger partial charge in [-0.1, -0.05) is 30.3 Å². The van der Waals surface area contributed by atoms with Crippen LogP contribution in [0.25, 0.3) is 22.2 Å². The first-order chi connectivity index (χ1) is 14.4. The molecule has 0 saturated carbocycles. The molecular weight excluding hydrogens is 396 g/mol. The fourth-order valence-corrected chi connectivity index (χ4v) is 5.24. The van der Waals surface area contributed by atoms with E-state index < -0.39 is 10.0 Å². The van der Waals surface area contributed by atoms with Gasteiger partial charge in [-0.05, 0) is 48.0 Å². The van der Waals surface area contributed by atoms with Crippen molar-refractivity contribution in [2.45, 2.75) is 18.0 Å². The molecule has 4 aromatic rings. The van der Waals surface area contributed by atoms with Crippen LogP contribution in [0.4, 0.5) is 5.69 Å². The number of fused-ring (bicyclic) bond motifs is 2. The molecule has 0 atom stereocenters. The Morgan fingerprint density at radius 1 is 0.967 bits per heavy atom. The van der Waals surface area contributed by atoms with Gasteiger partial charge in [0.15, 0.2) is 0 Å². The van der Waals surface area contributed by atoms with Gasteiger partial charge in [-0.25, -0.2) is 13.4 Å². The third kappa shape index (κ3) is 3.16. The van der Waals surface area contributed by atoms with Crippen LogP contribution < -0.4 is 4.72 Å². The van der Waals surface area contributed by atoms with Crippen molar-refractivity contribution in [3.05, 3.63) is 78.1 Å². The third-order valence-electron chi connectivity index (χ3n) is 5.55. The lowest BCUT2D eigenvalue weighted by atomic mass is 10.0. The number of nitrogens with zero attached hydrogens (tertiary/aromatic N) is 3. The van der Waals surface area contributed by atoms with Gasteiger partial charge in [-0.2, -0.15) is 0 Å². The summed E-state index contributed by atoms with van der Waals surface area (Å²) in [4.78, 5) is 7.00. The highest BCUT2D eigenvalue weighted by Crippen LogP contribution is 2.37. The van der Waals surface area contributed by atoms with Crippen molar-refractivity contribution >= 4 is 26.7 Å². The van der Waals surface area contributed by atoms with Gasteiger partial charge in [0.05, 0.1) is 16.0 Å². The van der Waals surface area contributed by atoms with Crippen molar-refractivity contribution < 1.29 is 8.42 Å². The maximum Gasteiger partial charge on any atom is 0.261 e. The second-order valence-corrected chi connectivity index (χ2v) is 9.47. The maximum absolute atomic E-state index is 12.9. The molecule has 1 N–H and O–H groups in total. The molecule has 0 amide bonds. The van der Waals surface area contributed by atoms with Crippen molar-refractivity contribution in [2.24, 2.45) is 7.05 Å².